The molecule has 0 aromatic heterocycles. The van der Waals surface area contributed by atoms with Crippen molar-refractivity contribution in [3.8, 4) is 0 Å². The van der Waals surface area contributed by atoms with Crippen LogP contribution in [0, 0.1) is 5.92 Å². The standard InChI is InChI=1S/C26H26ClN/c1-18-16-23(19-8-4-3-5-9-19)26(25(18)20-12-14-21(27)15-13-20)17-28(2)24-11-7-6-10-22(24)26/h3-15,18,23,25H,16-17H2,1-2H3. The summed E-state index contributed by atoms with van der Waals surface area (Å²) in [6, 6.07) is 28.8. The van der Waals surface area contributed by atoms with Gasteiger partial charge in [0, 0.05) is 29.7 Å². The summed E-state index contributed by atoms with van der Waals surface area (Å²) in [6.07, 6.45) is 1.21. The van der Waals surface area contributed by atoms with Crippen molar-refractivity contribution < 1.29 is 0 Å². The van der Waals surface area contributed by atoms with Gasteiger partial charge in [-0.15, -0.1) is 0 Å². The van der Waals surface area contributed by atoms with Crippen LogP contribution in [0.25, 0.3) is 0 Å². The molecule has 1 fully saturated rings. The SMILES string of the molecule is CC1CC(c2ccccc2)C2(CN(C)c3ccccc32)C1c1ccc(Cl)cc1. The van der Waals surface area contributed by atoms with Gasteiger partial charge in [-0.25, -0.2) is 0 Å². The van der Waals surface area contributed by atoms with Crippen LogP contribution in [0.2, 0.25) is 5.02 Å². The molecule has 0 saturated heterocycles. The Balaban J connectivity index is 1.75. The average Bonchev–Trinajstić information content (AvgIpc) is 3.18. The molecule has 5 rings (SSSR count). The fraction of sp³-hybridized carbons (Fsp3) is 0.308. The number of para-hydroxylation sites is 1. The molecule has 1 aliphatic carbocycles. The summed E-state index contributed by atoms with van der Waals surface area (Å²) >= 11 is 6.23. The van der Waals surface area contributed by atoms with E-state index in [-0.39, 0.29) is 5.41 Å². The summed E-state index contributed by atoms with van der Waals surface area (Å²) in [5.41, 5.74) is 5.86. The van der Waals surface area contributed by atoms with Crippen LogP contribution in [0.3, 0.4) is 0 Å². The summed E-state index contributed by atoms with van der Waals surface area (Å²) in [6.45, 7) is 3.49. The topological polar surface area (TPSA) is 3.24 Å². The lowest BCUT2D eigenvalue weighted by molar-refractivity contribution is 0.356. The molecule has 0 amide bonds. The Morgan fingerprint density at radius 2 is 1.54 bits per heavy atom. The van der Waals surface area contributed by atoms with Gasteiger partial charge in [-0.1, -0.05) is 79.2 Å². The van der Waals surface area contributed by atoms with E-state index in [4.69, 9.17) is 11.6 Å². The van der Waals surface area contributed by atoms with E-state index in [1.165, 1.54) is 28.8 Å². The molecule has 0 radical (unpaired) electrons. The molecule has 28 heavy (non-hydrogen) atoms. The largest absolute Gasteiger partial charge is 0.373 e. The summed E-state index contributed by atoms with van der Waals surface area (Å²) in [4.78, 5) is 2.46. The van der Waals surface area contributed by atoms with E-state index in [1.54, 1.807) is 0 Å². The van der Waals surface area contributed by atoms with Gasteiger partial charge in [-0.05, 0) is 59.1 Å². The van der Waals surface area contributed by atoms with Crippen molar-refractivity contribution in [3.05, 3.63) is 101 Å². The number of nitrogens with zero attached hydrogens (tertiary/aromatic N) is 1. The molecule has 1 spiro atoms. The minimum absolute atomic E-state index is 0.0833. The third-order valence-electron chi connectivity index (χ3n) is 7.10. The van der Waals surface area contributed by atoms with Crippen LogP contribution in [0.5, 0.6) is 0 Å². The van der Waals surface area contributed by atoms with Crippen LogP contribution in [0.1, 0.15) is 41.9 Å². The highest BCUT2D eigenvalue weighted by molar-refractivity contribution is 6.30. The van der Waals surface area contributed by atoms with Crippen molar-refractivity contribution in [1.29, 1.82) is 0 Å². The van der Waals surface area contributed by atoms with E-state index in [1.807, 2.05) is 0 Å². The molecule has 1 aliphatic heterocycles. The molecule has 0 N–H and O–H groups in total. The number of hydrogen-bond donors (Lipinski definition) is 0. The highest BCUT2D eigenvalue weighted by Crippen LogP contribution is 2.64. The minimum Gasteiger partial charge on any atom is -0.373 e. The molecule has 3 aromatic carbocycles. The quantitative estimate of drug-likeness (QED) is 0.476. The van der Waals surface area contributed by atoms with Gasteiger partial charge in [0.25, 0.3) is 0 Å². The summed E-state index contributed by atoms with van der Waals surface area (Å²) in [7, 11) is 2.25. The second-order valence-electron chi connectivity index (χ2n) is 8.62. The van der Waals surface area contributed by atoms with Crippen molar-refractivity contribution in [3.63, 3.8) is 0 Å². The van der Waals surface area contributed by atoms with Crippen molar-refractivity contribution in [2.75, 3.05) is 18.5 Å². The minimum atomic E-state index is 0.0833. The molecule has 142 valence electrons. The van der Waals surface area contributed by atoms with Crippen LogP contribution < -0.4 is 4.90 Å². The molecule has 4 unspecified atom stereocenters. The Hall–Kier alpha value is -2.25. The van der Waals surface area contributed by atoms with Gasteiger partial charge in [-0.2, -0.15) is 0 Å². The second kappa shape index (κ2) is 6.67. The average molecular weight is 388 g/mol. The zero-order valence-corrected chi connectivity index (χ0v) is 17.2. The fourth-order valence-corrected chi connectivity index (χ4v) is 6.31. The monoisotopic (exact) mass is 387 g/mol. The normalized spacial score (nSPS) is 28.7. The maximum absolute atomic E-state index is 6.23. The molecule has 3 aromatic rings. The maximum atomic E-state index is 6.23. The molecule has 1 heterocycles. The molecule has 0 bridgehead atoms. The number of anilines is 1. The Labute approximate surface area is 173 Å². The number of benzene rings is 3. The van der Waals surface area contributed by atoms with Crippen molar-refractivity contribution in [2.24, 2.45) is 5.92 Å². The highest BCUT2D eigenvalue weighted by atomic mass is 35.5. The number of fused-ring (bicyclic) bond motifs is 2. The zero-order chi connectivity index (χ0) is 19.3. The second-order valence-corrected chi connectivity index (χ2v) is 9.06. The number of halogens is 1. The highest BCUT2D eigenvalue weighted by Gasteiger charge is 2.59. The maximum Gasteiger partial charge on any atom is 0.0406 e. The molecule has 1 saturated carbocycles. The molecule has 1 nitrogen and oxygen atoms in total. The van der Waals surface area contributed by atoms with Gasteiger partial charge in [0.1, 0.15) is 0 Å². The first-order chi connectivity index (χ1) is 13.6. The van der Waals surface area contributed by atoms with E-state index in [0.717, 1.165) is 11.6 Å². The molecule has 2 aliphatic rings. The Kier molecular flexibility index (Phi) is 4.25. The van der Waals surface area contributed by atoms with Crippen LogP contribution >= 0.6 is 11.6 Å². The van der Waals surface area contributed by atoms with Gasteiger partial charge in [-0.3, -0.25) is 0 Å². The van der Waals surface area contributed by atoms with Crippen molar-refractivity contribution in [1.82, 2.24) is 0 Å². The Bertz CT molecular complexity index is 981. The van der Waals surface area contributed by atoms with Crippen LogP contribution in [0.4, 0.5) is 5.69 Å². The third-order valence-corrected chi connectivity index (χ3v) is 7.35. The molecular formula is C26H26ClN. The van der Waals surface area contributed by atoms with E-state index >= 15 is 0 Å². The van der Waals surface area contributed by atoms with Gasteiger partial charge in [0.2, 0.25) is 0 Å². The van der Waals surface area contributed by atoms with Crippen LogP contribution in [-0.2, 0) is 5.41 Å². The van der Waals surface area contributed by atoms with E-state index in [2.05, 4.69) is 97.7 Å². The summed E-state index contributed by atoms with van der Waals surface area (Å²) in [5, 5.41) is 0.812. The first-order valence-electron chi connectivity index (χ1n) is 10.2. The zero-order valence-electron chi connectivity index (χ0n) is 16.5. The van der Waals surface area contributed by atoms with Gasteiger partial charge in [0.15, 0.2) is 0 Å². The first-order valence-corrected chi connectivity index (χ1v) is 10.6. The van der Waals surface area contributed by atoms with E-state index in [0.29, 0.717) is 17.8 Å². The summed E-state index contributed by atoms with van der Waals surface area (Å²) in [5.74, 6) is 1.59. The number of hydrogen-bond acceptors (Lipinski definition) is 1. The Morgan fingerprint density at radius 1 is 0.857 bits per heavy atom. The lowest BCUT2D eigenvalue weighted by Gasteiger charge is -2.39. The van der Waals surface area contributed by atoms with Gasteiger partial charge >= 0.3 is 0 Å². The van der Waals surface area contributed by atoms with Crippen LogP contribution in [-0.4, -0.2) is 13.6 Å². The predicted molar refractivity (Wildman–Crippen MR) is 119 cm³/mol. The van der Waals surface area contributed by atoms with E-state index < -0.39 is 0 Å². The van der Waals surface area contributed by atoms with Crippen molar-refractivity contribution >= 4 is 17.3 Å². The van der Waals surface area contributed by atoms with E-state index in [9.17, 15) is 0 Å². The molecular weight excluding hydrogens is 362 g/mol. The lowest BCUT2D eigenvalue weighted by Crippen LogP contribution is -2.39. The molecule has 4 atom stereocenters. The number of likely N-dealkylation sites (N-methyl/N-ethyl adjacent to an activating group) is 1. The van der Waals surface area contributed by atoms with Gasteiger partial charge < -0.3 is 4.90 Å². The third kappa shape index (κ3) is 2.53. The smallest absolute Gasteiger partial charge is 0.0406 e. The number of rotatable bonds is 2. The van der Waals surface area contributed by atoms with Crippen molar-refractivity contribution in [2.45, 2.75) is 30.6 Å². The lowest BCUT2D eigenvalue weighted by atomic mass is 9.64. The first kappa shape index (κ1) is 17.8. The van der Waals surface area contributed by atoms with Crippen LogP contribution in [0.15, 0.2) is 78.9 Å². The summed E-state index contributed by atoms with van der Waals surface area (Å²) < 4.78 is 0. The molecule has 2 heteroatoms. The fourth-order valence-electron chi connectivity index (χ4n) is 6.18. The Morgan fingerprint density at radius 3 is 2.29 bits per heavy atom. The van der Waals surface area contributed by atoms with Gasteiger partial charge in [0.05, 0.1) is 0 Å². The predicted octanol–water partition coefficient (Wildman–Crippen LogP) is 6.64.